The summed E-state index contributed by atoms with van der Waals surface area (Å²) >= 11 is 0. The van der Waals surface area contributed by atoms with Crippen molar-refractivity contribution >= 4 is 9.04 Å². The highest BCUT2D eigenvalue weighted by atomic mass is 28.3. The van der Waals surface area contributed by atoms with Gasteiger partial charge in [0.05, 0.1) is 0 Å². The topological polar surface area (TPSA) is 9.23 Å². The number of rotatable bonds is 8. The summed E-state index contributed by atoms with van der Waals surface area (Å²) in [5, 5.41) is 0. The Balaban J connectivity index is 2.04. The van der Waals surface area contributed by atoms with E-state index in [0.29, 0.717) is 0 Å². The molecule has 1 aromatic carbocycles. The van der Waals surface area contributed by atoms with Crippen LogP contribution in [0.5, 0.6) is 0 Å². The minimum atomic E-state index is -0.468. The molecule has 0 atom stereocenters. The summed E-state index contributed by atoms with van der Waals surface area (Å²) in [7, 11) is -0.468. The molecular formula is C14H23OSi. The van der Waals surface area contributed by atoms with E-state index in [1.54, 1.807) is 0 Å². The smallest absolute Gasteiger partial charge is 0.210 e. The lowest BCUT2D eigenvalue weighted by atomic mass is 10.1. The molecule has 1 aromatic rings. The number of benzene rings is 1. The van der Waals surface area contributed by atoms with Crippen molar-refractivity contribution in [3.05, 3.63) is 35.9 Å². The number of hydrogen-bond acceptors (Lipinski definition) is 1. The molecule has 0 aliphatic rings. The molecule has 0 saturated carbocycles. The second kappa shape index (κ2) is 8.54. The first-order chi connectivity index (χ1) is 7.86. The van der Waals surface area contributed by atoms with Gasteiger partial charge in [0.25, 0.3) is 0 Å². The van der Waals surface area contributed by atoms with Crippen LogP contribution in [0.15, 0.2) is 30.3 Å². The van der Waals surface area contributed by atoms with Crippen LogP contribution in [0.1, 0.15) is 32.3 Å². The highest BCUT2D eigenvalue weighted by Gasteiger charge is 2.06. The first-order valence-electron chi connectivity index (χ1n) is 6.38. The fourth-order valence-electron chi connectivity index (χ4n) is 1.75. The van der Waals surface area contributed by atoms with Gasteiger partial charge in [-0.1, -0.05) is 44.2 Å². The molecular weight excluding hydrogens is 212 g/mol. The first kappa shape index (κ1) is 13.5. The summed E-state index contributed by atoms with van der Waals surface area (Å²) in [5.74, 6) is 0. The molecule has 0 aliphatic carbocycles. The van der Waals surface area contributed by atoms with Crippen molar-refractivity contribution in [2.75, 3.05) is 6.61 Å². The van der Waals surface area contributed by atoms with Crippen LogP contribution in [0.25, 0.3) is 0 Å². The Hall–Kier alpha value is -0.603. The van der Waals surface area contributed by atoms with Crippen molar-refractivity contribution in [3.63, 3.8) is 0 Å². The molecule has 0 aromatic heterocycles. The Morgan fingerprint density at radius 2 is 1.69 bits per heavy atom. The monoisotopic (exact) mass is 235 g/mol. The normalized spacial score (nSPS) is 10.9. The third-order valence-corrected chi connectivity index (χ3v) is 4.99. The van der Waals surface area contributed by atoms with E-state index in [-0.39, 0.29) is 0 Å². The average Bonchev–Trinajstić information content (AvgIpc) is 2.35. The average molecular weight is 235 g/mol. The van der Waals surface area contributed by atoms with Gasteiger partial charge in [-0.25, -0.2) is 0 Å². The van der Waals surface area contributed by atoms with Gasteiger partial charge in [0.15, 0.2) is 0 Å². The van der Waals surface area contributed by atoms with Crippen molar-refractivity contribution in [1.29, 1.82) is 0 Å². The quantitative estimate of drug-likeness (QED) is 0.488. The van der Waals surface area contributed by atoms with Gasteiger partial charge in [0, 0.05) is 6.61 Å². The van der Waals surface area contributed by atoms with Crippen molar-refractivity contribution in [2.45, 2.75) is 45.2 Å². The van der Waals surface area contributed by atoms with Crippen LogP contribution in [0.2, 0.25) is 12.1 Å². The molecule has 0 aliphatic heterocycles. The van der Waals surface area contributed by atoms with Gasteiger partial charge in [-0.15, -0.1) is 0 Å². The van der Waals surface area contributed by atoms with Crippen LogP contribution < -0.4 is 0 Å². The molecule has 0 heterocycles. The van der Waals surface area contributed by atoms with Gasteiger partial charge in [-0.05, 0) is 36.9 Å². The number of hydrogen-bond donors (Lipinski definition) is 0. The van der Waals surface area contributed by atoms with Gasteiger partial charge >= 0.3 is 0 Å². The molecule has 0 bridgehead atoms. The Morgan fingerprint density at radius 1 is 1.00 bits per heavy atom. The van der Waals surface area contributed by atoms with Gasteiger partial charge in [0.2, 0.25) is 9.04 Å². The summed E-state index contributed by atoms with van der Waals surface area (Å²) in [6.45, 7) is 5.44. The molecule has 0 spiro atoms. The molecule has 0 fully saturated rings. The largest absolute Gasteiger partial charge is 0.417 e. The zero-order valence-corrected chi connectivity index (χ0v) is 11.5. The molecule has 0 amide bonds. The van der Waals surface area contributed by atoms with Gasteiger partial charge in [-0.3, -0.25) is 0 Å². The van der Waals surface area contributed by atoms with E-state index in [4.69, 9.17) is 4.43 Å². The molecule has 1 radical (unpaired) electrons. The summed E-state index contributed by atoms with van der Waals surface area (Å²) in [6, 6.07) is 13.2. The van der Waals surface area contributed by atoms with Crippen molar-refractivity contribution < 1.29 is 4.43 Å². The molecule has 2 heteroatoms. The minimum Gasteiger partial charge on any atom is -0.417 e. The van der Waals surface area contributed by atoms with Gasteiger partial charge in [0.1, 0.15) is 0 Å². The van der Waals surface area contributed by atoms with Crippen LogP contribution in [0.4, 0.5) is 0 Å². The zero-order chi connectivity index (χ0) is 11.6. The standard InChI is InChI=1S/C14H23OSi/c1-3-16(4-2)15-13-9-8-12-14-10-6-5-7-11-14/h5-7,10-11H,3-4,8-9,12-13H2,1-2H3. The van der Waals surface area contributed by atoms with Crippen molar-refractivity contribution in [3.8, 4) is 0 Å². The van der Waals surface area contributed by atoms with Crippen molar-refractivity contribution in [2.24, 2.45) is 0 Å². The Morgan fingerprint density at radius 3 is 2.31 bits per heavy atom. The van der Waals surface area contributed by atoms with Crippen LogP contribution >= 0.6 is 0 Å². The maximum absolute atomic E-state index is 5.88. The fourth-order valence-corrected chi connectivity index (χ4v) is 3.09. The summed E-state index contributed by atoms with van der Waals surface area (Å²) in [4.78, 5) is 0. The summed E-state index contributed by atoms with van der Waals surface area (Å²) in [5.41, 5.74) is 1.44. The van der Waals surface area contributed by atoms with Crippen molar-refractivity contribution in [1.82, 2.24) is 0 Å². The zero-order valence-electron chi connectivity index (χ0n) is 10.5. The number of aryl methyl sites for hydroxylation is 1. The second-order valence-electron chi connectivity index (χ2n) is 4.04. The Bertz CT molecular complexity index is 257. The Kier molecular flexibility index (Phi) is 7.18. The highest BCUT2D eigenvalue weighted by molar-refractivity contribution is 6.51. The molecule has 1 rings (SSSR count). The number of unbranched alkanes of at least 4 members (excludes halogenated alkanes) is 1. The van der Waals surface area contributed by atoms with E-state index in [0.717, 1.165) is 6.61 Å². The van der Waals surface area contributed by atoms with E-state index in [9.17, 15) is 0 Å². The molecule has 89 valence electrons. The summed E-state index contributed by atoms with van der Waals surface area (Å²) < 4.78 is 5.88. The molecule has 1 nitrogen and oxygen atoms in total. The van der Waals surface area contributed by atoms with Crippen LogP contribution in [0, 0.1) is 0 Å². The van der Waals surface area contributed by atoms with E-state index in [1.165, 1.54) is 36.9 Å². The molecule has 0 unspecified atom stereocenters. The predicted molar refractivity (Wildman–Crippen MR) is 72.0 cm³/mol. The molecule has 0 saturated heterocycles. The lowest BCUT2D eigenvalue weighted by Gasteiger charge is -2.10. The van der Waals surface area contributed by atoms with Gasteiger partial charge in [-0.2, -0.15) is 0 Å². The predicted octanol–water partition coefficient (Wildman–Crippen LogP) is 4.06. The third kappa shape index (κ3) is 5.47. The second-order valence-corrected chi connectivity index (χ2v) is 6.82. The fraction of sp³-hybridized carbons (Fsp3) is 0.571. The van der Waals surface area contributed by atoms with E-state index in [2.05, 4.69) is 44.2 Å². The molecule has 16 heavy (non-hydrogen) atoms. The Labute approximate surface area is 102 Å². The third-order valence-electron chi connectivity index (χ3n) is 2.80. The minimum absolute atomic E-state index is 0.468. The lowest BCUT2D eigenvalue weighted by Crippen LogP contribution is -2.15. The first-order valence-corrected chi connectivity index (χ1v) is 8.20. The maximum Gasteiger partial charge on any atom is 0.210 e. The van der Waals surface area contributed by atoms with Crippen LogP contribution in [-0.4, -0.2) is 15.6 Å². The summed E-state index contributed by atoms with van der Waals surface area (Å²) in [6.07, 6.45) is 3.63. The van der Waals surface area contributed by atoms with E-state index in [1.807, 2.05) is 0 Å². The van der Waals surface area contributed by atoms with E-state index < -0.39 is 9.04 Å². The molecule has 0 N–H and O–H groups in total. The van der Waals surface area contributed by atoms with Crippen LogP contribution in [-0.2, 0) is 10.8 Å². The SMILES string of the molecule is CC[Si](CC)OCCCCc1ccccc1. The highest BCUT2D eigenvalue weighted by Crippen LogP contribution is 2.06. The maximum atomic E-state index is 5.88. The van der Waals surface area contributed by atoms with E-state index >= 15 is 0 Å². The van der Waals surface area contributed by atoms with Crippen LogP contribution in [0.3, 0.4) is 0 Å². The van der Waals surface area contributed by atoms with Gasteiger partial charge < -0.3 is 4.43 Å². The lowest BCUT2D eigenvalue weighted by molar-refractivity contribution is 0.308.